The number of rotatable bonds is 7. The molecule has 0 atom stereocenters. The van der Waals surface area contributed by atoms with Gasteiger partial charge in [-0.25, -0.2) is 0 Å². The number of para-hydroxylation sites is 1. The van der Waals surface area contributed by atoms with E-state index in [1.54, 1.807) is 11.8 Å². The number of aryl methyl sites for hydroxylation is 1. The first-order valence-electron chi connectivity index (χ1n) is 10.6. The van der Waals surface area contributed by atoms with Crippen molar-refractivity contribution in [2.75, 3.05) is 23.7 Å². The summed E-state index contributed by atoms with van der Waals surface area (Å²) in [5, 5.41) is 0.924. The van der Waals surface area contributed by atoms with Gasteiger partial charge in [-0.15, -0.1) is 17.0 Å². The van der Waals surface area contributed by atoms with Crippen LogP contribution in [0, 0.1) is 0 Å². The molecule has 6 heteroatoms. The lowest BCUT2D eigenvalue weighted by Gasteiger charge is -2.27. The molecule has 0 fully saturated rings. The third kappa shape index (κ3) is 6.24. The Labute approximate surface area is 204 Å². The van der Waals surface area contributed by atoms with Gasteiger partial charge < -0.3 is 9.64 Å². The summed E-state index contributed by atoms with van der Waals surface area (Å²) < 4.78 is 5.84. The maximum Gasteiger partial charge on any atom is 0.182 e. The normalized spacial score (nSPS) is 13.0. The third-order valence-corrected chi connectivity index (χ3v) is 6.23. The Morgan fingerprint density at radius 2 is 1.66 bits per heavy atom. The molecule has 1 aliphatic heterocycles. The predicted octanol–water partition coefficient (Wildman–Crippen LogP) is 6.80. The van der Waals surface area contributed by atoms with Gasteiger partial charge in [-0.1, -0.05) is 49.0 Å². The summed E-state index contributed by atoms with van der Waals surface area (Å²) >= 11 is 1.72. The van der Waals surface area contributed by atoms with Crippen LogP contribution in [0.15, 0.2) is 83.9 Å². The number of aliphatic imine (C=N–C) groups is 1. The summed E-state index contributed by atoms with van der Waals surface area (Å²) in [7, 11) is 0. The zero-order valence-corrected chi connectivity index (χ0v) is 20.6. The maximum absolute atomic E-state index is 13.1. The Kier molecular flexibility index (Phi) is 8.94. The number of hydrogen-bond donors (Lipinski definition) is 0. The molecule has 1 heterocycles. The van der Waals surface area contributed by atoms with Gasteiger partial charge in [-0.2, -0.15) is 0 Å². The van der Waals surface area contributed by atoms with Crippen LogP contribution in [0.1, 0.15) is 29.3 Å². The van der Waals surface area contributed by atoms with Gasteiger partial charge in [0.15, 0.2) is 11.0 Å². The van der Waals surface area contributed by atoms with Crippen molar-refractivity contribution in [3.63, 3.8) is 0 Å². The zero-order chi connectivity index (χ0) is 21.5. The number of benzene rings is 3. The van der Waals surface area contributed by atoms with Crippen LogP contribution in [0.2, 0.25) is 0 Å². The SMILES string of the molecule is Br.CCc1ccc(N(CC(=O)c2ccc(Oc3ccccc3)cc2)C2=NCCCS2)cc1. The number of thioether (sulfide) groups is 1. The molecule has 0 bridgehead atoms. The molecule has 0 radical (unpaired) electrons. The fourth-order valence-electron chi connectivity index (χ4n) is 3.36. The first kappa shape index (κ1) is 24.1. The molecule has 0 saturated carbocycles. The Morgan fingerprint density at radius 3 is 2.28 bits per heavy atom. The van der Waals surface area contributed by atoms with Crippen molar-refractivity contribution in [1.29, 1.82) is 0 Å². The number of hydrogen-bond acceptors (Lipinski definition) is 5. The van der Waals surface area contributed by atoms with Gasteiger partial charge in [-0.05, 0) is 66.9 Å². The van der Waals surface area contributed by atoms with Crippen molar-refractivity contribution >= 4 is 45.4 Å². The van der Waals surface area contributed by atoms with Crippen LogP contribution >= 0.6 is 28.7 Å². The van der Waals surface area contributed by atoms with E-state index in [-0.39, 0.29) is 29.3 Å². The van der Waals surface area contributed by atoms with E-state index in [1.807, 2.05) is 59.5 Å². The molecule has 4 nitrogen and oxygen atoms in total. The van der Waals surface area contributed by atoms with Crippen LogP contribution in [-0.4, -0.2) is 29.8 Å². The molecular weight excluding hydrogens is 484 g/mol. The van der Waals surface area contributed by atoms with E-state index in [4.69, 9.17) is 4.74 Å². The quantitative estimate of drug-likeness (QED) is 0.327. The number of ketones is 1. The van der Waals surface area contributed by atoms with Gasteiger partial charge >= 0.3 is 0 Å². The molecule has 3 aromatic rings. The number of halogens is 1. The molecule has 3 aromatic carbocycles. The van der Waals surface area contributed by atoms with Crippen molar-refractivity contribution in [2.24, 2.45) is 4.99 Å². The second kappa shape index (κ2) is 11.9. The zero-order valence-electron chi connectivity index (χ0n) is 18.1. The van der Waals surface area contributed by atoms with Crippen LogP contribution in [0.4, 0.5) is 5.69 Å². The summed E-state index contributed by atoms with van der Waals surface area (Å²) in [6, 6.07) is 25.4. The fraction of sp³-hybridized carbons (Fsp3) is 0.231. The molecule has 1 aliphatic rings. The highest BCUT2D eigenvalue weighted by atomic mass is 79.9. The van der Waals surface area contributed by atoms with E-state index in [0.717, 1.165) is 41.7 Å². The third-order valence-electron chi connectivity index (χ3n) is 5.12. The highest BCUT2D eigenvalue weighted by molar-refractivity contribution is 8.93. The smallest absolute Gasteiger partial charge is 0.182 e. The minimum atomic E-state index is 0. The topological polar surface area (TPSA) is 41.9 Å². The Balaban J connectivity index is 0.00000289. The van der Waals surface area contributed by atoms with Gasteiger partial charge in [0.05, 0.1) is 6.54 Å². The number of Topliss-reactive ketones (excluding diaryl/α,β-unsaturated/α-hetero) is 1. The van der Waals surface area contributed by atoms with Crippen LogP contribution in [0.25, 0.3) is 0 Å². The summed E-state index contributed by atoms with van der Waals surface area (Å²) in [6.45, 7) is 3.21. The lowest BCUT2D eigenvalue weighted by molar-refractivity contribution is 0.100. The van der Waals surface area contributed by atoms with Gasteiger partial charge in [-0.3, -0.25) is 9.79 Å². The standard InChI is InChI=1S/C26H26N2O2S.BrH/c1-2-20-9-13-22(14-10-20)28(26-27-17-6-18-31-26)19-25(29)21-11-15-24(16-12-21)30-23-7-4-3-5-8-23;/h3-5,7-16H,2,6,17-19H2,1H3;1H. The van der Waals surface area contributed by atoms with Crippen LogP contribution in [0.5, 0.6) is 11.5 Å². The highest BCUT2D eigenvalue weighted by Gasteiger charge is 2.20. The molecule has 32 heavy (non-hydrogen) atoms. The van der Waals surface area contributed by atoms with Crippen LogP contribution in [0.3, 0.4) is 0 Å². The summed E-state index contributed by atoms with van der Waals surface area (Å²) in [4.78, 5) is 19.8. The number of nitrogens with zero attached hydrogens (tertiary/aromatic N) is 2. The number of carbonyl (C=O) groups is 1. The van der Waals surface area contributed by atoms with Gasteiger partial charge in [0, 0.05) is 23.5 Å². The molecule has 0 unspecified atom stereocenters. The van der Waals surface area contributed by atoms with Crippen molar-refractivity contribution < 1.29 is 9.53 Å². The fourth-order valence-corrected chi connectivity index (χ4v) is 4.33. The molecule has 0 amide bonds. The monoisotopic (exact) mass is 510 g/mol. The minimum absolute atomic E-state index is 0. The first-order chi connectivity index (χ1) is 15.2. The second-order valence-electron chi connectivity index (χ2n) is 7.34. The van der Waals surface area contributed by atoms with E-state index >= 15 is 0 Å². The number of amidine groups is 1. The van der Waals surface area contributed by atoms with E-state index < -0.39 is 0 Å². The average Bonchev–Trinajstić information content (AvgIpc) is 2.84. The Morgan fingerprint density at radius 1 is 0.969 bits per heavy atom. The van der Waals surface area contributed by atoms with Crippen LogP contribution in [-0.2, 0) is 6.42 Å². The largest absolute Gasteiger partial charge is 0.457 e. The number of ether oxygens (including phenoxy) is 1. The van der Waals surface area contributed by atoms with Gasteiger partial charge in [0.25, 0.3) is 0 Å². The number of carbonyl (C=O) groups excluding carboxylic acids is 1. The molecule has 166 valence electrons. The Bertz CT molecular complexity index is 1040. The van der Waals surface area contributed by atoms with E-state index in [2.05, 4.69) is 36.2 Å². The lowest BCUT2D eigenvalue weighted by Crippen LogP contribution is -2.35. The molecule has 0 aromatic heterocycles. The minimum Gasteiger partial charge on any atom is -0.457 e. The van der Waals surface area contributed by atoms with Crippen LogP contribution < -0.4 is 9.64 Å². The molecular formula is C26H27BrN2O2S. The maximum atomic E-state index is 13.1. The predicted molar refractivity (Wildman–Crippen MR) is 140 cm³/mol. The average molecular weight is 511 g/mol. The molecule has 0 spiro atoms. The van der Waals surface area contributed by atoms with Gasteiger partial charge in [0.2, 0.25) is 0 Å². The molecule has 4 rings (SSSR count). The molecule has 0 N–H and O–H groups in total. The first-order valence-corrected chi connectivity index (χ1v) is 11.6. The second-order valence-corrected chi connectivity index (χ2v) is 8.40. The summed E-state index contributed by atoms with van der Waals surface area (Å²) in [5.74, 6) is 2.57. The van der Waals surface area contributed by atoms with E-state index in [0.29, 0.717) is 11.3 Å². The highest BCUT2D eigenvalue weighted by Crippen LogP contribution is 2.25. The van der Waals surface area contributed by atoms with E-state index in [1.165, 1.54) is 5.56 Å². The van der Waals surface area contributed by atoms with E-state index in [9.17, 15) is 4.79 Å². The van der Waals surface area contributed by atoms with Crippen molar-refractivity contribution in [3.05, 3.63) is 90.0 Å². The van der Waals surface area contributed by atoms with Gasteiger partial charge in [0.1, 0.15) is 11.5 Å². The number of anilines is 1. The molecule has 0 saturated heterocycles. The summed E-state index contributed by atoms with van der Waals surface area (Å²) in [5.41, 5.74) is 2.95. The lowest BCUT2D eigenvalue weighted by atomic mass is 10.1. The van der Waals surface area contributed by atoms with Crippen molar-refractivity contribution in [2.45, 2.75) is 19.8 Å². The summed E-state index contributed by atoms with van der Waals surface area (Å²) in [6.07, 6.45) is 2.07. The Hall–Kier alpha value is -2.57. The molecule has 0 aliphatic carbocycles. The van der Waals surface area contributed by atoms with Crippen molar-refractivity contribution in [1.82, 2.24) is 0 Å². The van der Waals surface area contributed by atoms with Crippen molar-refractivity contribution in [3.8, 4) is 11.5 Å².